The zero-order valence-corrected chi connectivity index (χ0v) is 16.9. The Morgan fingerprint density at radius 2 is 1.82 bits per heavy atom. The Labute approximate surface area is 164 Å². The molecule has 0 bridgehead atoms. The van der Waals surface area contributed by atoms with Gasteiger partial charge in [0.2, 0.25) is 10.0 Å². The molecule has 0 amide bonds. The minimum atomic E-state index is -3.80. The highest BCUT2D eigenvalue weighted by Crippen LogP contribution is 2.22. The van der Waals surface area contributed by atoms with Gasteiger partial charge >= 0.3 is 0 Å². The molecular formula is C20H24FNO5S. The summed E-state index contributed by atoms with van der Waals surface area (Å²) >= 11 is 0. The molecule has 152 valence electrons. The Morgan fingerprint density at radius 3 is 2.43 bits per heavy atom. The van der Waals surface area contributed by atoms with Crippen molar-refractivity contribution < 1.29 is 27.1 Å². The molecule has 0 aliphatic rings. The van der Waals surface area contributed by atoms with E-state index in [1.54, 1.807) is 27.0 Å². The first-order valence-corrected chi connectivity index (χ1v) is 10.2. The van der Waals surface area contributed by atoms with E-state index in [4.69, 9.17) is 9.47 Å². The van der Waals surface area contributed by atoms with Gasteiger partial charge in [-0.2, -0.15) is 0 Å². The molecular weight excluding hydrogens is 385 g/mol. The Morgan fingerprint density at radius 1 is 1.14 bits per heavy atom. The summed E-state index contributed by atoms with van der Waals surface area (Å²) < 4.78 is 51.1. The number of Topliss-reactive ketones (excluding diaryl/α,β-unsaturated/α-hetero) is 1. The predicted molar refractivity (Wildman–Crippen MR) is 104 cm³/mol. The van der Waals surface area contributed by atoms with Gasteiger partial charge in [0.05, 0.1) is 11.5 Å². The number of carbonyl (C=O) groups is 1. The molecule has 6 nitrogen and oxygen atoms in total. The average molecular weight is 409 g/mol. The van der Waals surface area contributed by atoms with Gasteiger partial charge in [0.15, 0.2) is 5.78 Å². The molecule has 0 aliphatic carbocycles. The third kappa shape index (κ3) is 6.12. The number of hydrogen-bond donors (Lipinski definition) is 1. The Kier molecular flexibility index (Phi) is 7.68. The summed E-state index contributed by atoms with van der Waals surface area (Å²) in [7, 11) is -2.23. The van der Waals surface area contributed by atoms with Gasteiger partial charge in [-0.15, -0.1) is 0 Å². The summed E-state index contributed by atoms with van der Waals surface area (Å²) in [6.07, 6.45) is -0.0396. The van der Waals surface area contributed by atoms with Crippen LogP contribution >= 0.6 is 0 Å². The van der Waals surface area contributed by atoms with Crippen molar-refractivity contribution in [3.63, 3.8) is 0 Å². The van der Waals surface area contributed by atoms with Crippen molar-refractivity contribution in [1.29, 1.82) is 0 Å². The second kappa shape index (κ2) is 9.77. The summed E-state index contributed by atoms with van der Waals surface area (Å²) in [4.78, 5) is 12.3. The van der Waals surface area contributed by atoms with Crippen LogP contribution in [-0.4, -0.2) is 40.6 Å². The van der Waals surface area contributed by atoms with Crippen LogP contribution < -0.4 is 9.46 Å². The molecule has 0 spiro atoms. The zero-order chi connectivity index (χ0) is 20.7. The number of methoxy groups -OCH3 is 1. The third-order valence-electron chi connectivity index (χ3n) is 4.02. The third-order valence-corrected chi connectivity index (χ3v) is 5.60. The van der Waals surface area contributed by atoms with E-state index in [1.807, 2.05) is 0 Å². The maximum Gasteiger partial charge on any atom is 0.240 e. The van der Waals surface area contributed by atoms with Crippen molar-refractivity contribution >= 4 is 15.8 Å². The fourth-order valence-corrected chi connectivity index (χ4v) is 3.92. The molecule has 1 N–H and O–H groups in total. The number of ketones is 1. The highest BCUT2D eigenvalue weighted by Gasteiger charge is 2.20. The number of halogens is 1. The molecule has 2 rings (SSSR count). The maximum absolute atomic E-state index is 13.0. The Bertz CT molecular complexity index is 913. The van der Waals surface area contributed by atoms with Crippen LogP contribution in [0.3, 0.4) is 0 Å². The van der Waals surface area contributed by atoms with E-state index in [0.717, 1.165) is 0 Å². The van der Waals surface area contributed by atoms with Crippen molar-refractivity contribution in [2.75, 3.05) is 20.3 Å². The molecule has 0 saturated carbocycles. The van der Waals surface area contributed by atoms with E-state index in [1.165, 1.54) is 36.4 Å². The smallest absolute Gasteiger partial charge is 0.240 e. The second-order valence-electron chi connectivity index (χ2n) is 6.43. The van der Waals surface area contributed by atoms with E-state index in [2.05, 4.69) is 4.72 Å². The SMILES string of the molecule is COCCOc1ccc(S(=O)(=O)N[C@@H](C)CC(=O)c2ccc(F)cc2)cc1C. The number of carbonyl (C=O) groups excluding carboxylic acids is 1. The second-order valence-corrected chi connectivity index (χ2v) is 8.14. The van der Waals surface area contributed by atoms with Crippen LogP contribution in [0.25, 0.3) is 0 Å². The van der Waals surface area contributed by atoms with Crippen LogP contribution in [-0.2, 0) is 14.8 Å². The fraction of sp³-hybridized carbons (Fsp3) is 0.350. The minimum Gasteiger partial charge on any atom is -0.491 e. The first kappa shape index (κ1) is 22.0. The number of aryl methyl sites for hydroxylation is 1. The first-order chi connectivity index (χ1) is 13.2. The van der Waals surface area contributed by atoms with Gasteiger partial charge in [-0.3, -0.25) is 4.79 Å². The number of nitrogens with one attached hydrogen (secondary N) is 1. The van der Waals surface area contributed by atoms with Gasteiger partial charge < -0.3 is 9.47 Å². The van der Waals surface area contributed by atoms with Gasteiger partial charge in [-0.1, -0.05) is 0 Å². The number of ether oxygens (including phenoxy) is 2. The number of sulfonamides is 1. The van der Waals surface area contributed by atoms with Gasteiger partial charge in [0.25, 0.3) is 0 Å². The predicted octanol–water partition coefficient (Wildman–Crippen LogP) is 3.10. The highest BCUT2D eigenvalue weighted by molar-refractivity contribution is 7.89. The molecule has 2 aromatic rings. The lowest BCUT2D eigenvalue weighted by atomic mass is 10.1. The highest BCUT2D eigenvalue weighted by atomic mass is 32.2. The lowest BCUT2D eigenvalue weighted by molar-refractivity contribution is 0.0974. The van der Waals surface area contributed by atoms with Crippen LogP contribution in [0, 0.1) is 12.7 Å². The van der Waals surface area contributed by atoms with E-state index < -0.39 is 21.9 Å². The number of hydrogen-bond acceptors (Lipinski definition) is 5. The molecule has 8 heteroatoms. The quantitative estimate of drug-likeness (QED) is 0.482. The average Bonchev–Trinajstić information content (AvgIpc) is 2.63. The standard InChI is InChI=1S/C20H24FNO5S/c1-14-12-18(8-9-20(14)27-11-10-26-3)28(24,25)22-15(2)13-19(23)16-4-6-17(21)7-5-16/h4-9,12,15,22H,10-11,13H2,1-3H3/t15-/m0/s1. The molecule has 0 heterocycles. The van der Waals surface area contributed by atoms with Crippen LogP contribution in [0.4, 0.5) is 4.39 Å². The van der Waals surface area contributed by atoms with E-state index >= 15 is 0 Å². The molecule has 0 unspecified atom stereocenters. The monoisotopic (exact) mass is 409 g/mol. The van der Waals surface area contributed by atoms with E-state index in [9.17, 15) is 17.6 Å². The van der Waals surface area contributed by atoms with Gasteiger partial charge in [-0.25, -0.2) is 17.5 Å². The van der Waals surface area contributed by atoms with E-state index in [-0.39, 0.29) is 17.1 Å². The van der Waals surface area contributed by atoms with Crippen LogP contribution in [0.15, 0.2) is 47.4 Å². The first-order valence-electron chi connectivity index (χ1n) is 8.76. The molecule has 1 atom stereocenters. The van der Waals surface area contributed by atoms with Crippen molar-refractivity contribution in [2.45, 2.75) is 31.2 Å². The summed E-state index contributed by atoms with van der Waals surface area (Å²) in [6, 6.07) is 9.08. The topological polar surface area (TPSA) is 81.7 Å². The van der Waals surface area contributed by atoms with Gasteiger partial charge in [0, 0.05) is 25.1 Å². The molecule has 28 heavy (non-hydrogen) atoms. The molecule has 0 aliphatic heterocycles. The Hall–Kier alpha value is -2.29. The molecule has 2 aromatic carbocycles. The van der Waals surface area contributed by atoms with Crippen molar-refractivity contribution in [1.82, 2.24) is 4.72 Å². The van der Waals surface area contributed by atoms with Gasteiger partial charge in [0.1, 0.15) is 18.2 Å². The van der Waals surface area contributed by atoms with Crippen molar-refractivity contribution in [3.05, 3.63) is 59.4 Å². The molecule has 0 fully saturated rings. The van der Waals surface area contributed by atoms with Crippen molar-refractivity contribution in [2.24, 2.45) is 0 Å². The number of benzene rings is 2. The van der Waals surface area contributed by atoms with Crippen molar-refractivity contribution in [3.8, 4) is 5.75 Å². The largest absolute Gasteiger partial charge is 0.491 e. The Balaban J connectivity index is 2.02. The van der Waals surface area contributed by atoms with Crippen LogP contribution in [0.1, 0.15) is 29.3 Å². The van der Waals surface area contributed by atoms with Crippen LogP contribution in [0.5, 0.6) is 5.75 Å². The van der Waals surface area contributed by atoms with Gasteiger partial charge in [-0.05, 0) is 61.9 Å². The molecule has 0 aromatic heterocycles. The van der Waals surface area contributed by atoms with E-state index in [0.29, 0.717) is 30.1 Å². The maximum atomic E-state index is 13.0. The summed E-state index contributed by atoms with van der Waals surface area (Å²) in [5.41, 5.74) is 1.01. The number of rotatable bonds is 10. The van der Waals surface area contributed by atoms with Crippen LogP contribution in [0.2, 0.25) is 0 Å². The summed E-state index contributed by atoms with van der Waals surface area (Å²) in [5.74, 6) is -0.126. The normalized spacial score (nSPS) is 12.6. The summed E-state index contributed by atoms with van der Waals surface area (Å²) in [5, 5.41) is 0. The molecule has 0 saturated heterocycles. The summed E-state index contributed by atoms with van der Waals surface area (Å²) in [6.45, 7) is 4.15. The molecule has 0 radical (unpaired) electrons. The fourth-order valence-electron chi connectivity index (χ4n) is 2.59. The lowest BCUT2D eigenvalue weighted by Crippen LogP contribution is -2.34. The lowest BCUT2D eigenvalue weighted by Gasteiger charge is -2.15. The minimum absolute atomic E-state index is 0.0396. The zero-order valence-electron chi connectivity index (χ0n) is 16.1.